The van der Waals surface area contributed by atoms with Crippen molar-refractivity contribution in [2.75, 3.05) is 5.32 Å². The molecule has 1 aliphatic carbocycles. The number of aryl methyl sites for hydroxylation is 1. The van der Waals surface area contributed by atoms with E-state index in [-0.39, 0.29) is 16.9 Å². The van der Waals surface area contributed by atoms with Crippen molar-refractivity contribution in [2.45, 2.75) is 30.7 Å². The topological polar surface area (TPSA) is 110 Å². The third-order valence-corrected chi connectivity index (χ3v) is 6.04. The van der Waals surface area contributed by atoms with Crippen molar-refractivity contribution < 1.29 is 17.9 Å². The van der Waals surface area contributed by atoms with E-state index in [0.717, 1.165) is 12.8 Å². The van der Waals surface area contributed by atoms with E-state index < -0.39 is 15.9 Å². The van der Waals surface area contributed by atoms with Crippen LogP contribution in [-0.2, 0) is 10.0 Å². The van der Waals surface area contributed by atoms with E-state index in [1.165, 1.54) is 12.1 Å². The molecule has 1 amide bonds. The summed E-state index contributed by atoms with van der Waals surface area (Å²) in [6.07, 6.45) is 4.84. The van der Waals surface area contributed by atoms with Crippen LogP contribution in [-0.4, -0.2) is 30.3 Å². The number of sulfonamides is 1. The number of ether oxygens (including phenoxy) is 1. The maximum Gasteiger partial charge on any atom is 0.321 e. The summed E-state index contributed by atoms with van der Waals surface area (Å²) in [5.41, 5.74) is 1.52. The Morgan fingerprint density at radius 1 is 1.07 bits per heavy atom. The number of rotatable bonds is 7. The lowest BCUT2D eigenvalue weighted by Gasteiger charge is -2.11. The molecule has 4 rings (SSSR count). The molecule has 8 nitrogen and oxygen atoms in total. The van der Waals surface area contributed by atoms with E-state index in [4.69, 9.17) is 4.74 Å². The van der Waals surface area contributed by atoms with Gasteiger partial charge in [-0.3, -0.25) is 4.79 Å². The lowest BCUT2D eigenvalue weighted by Crippen LogP contribution is -2.26. The van der Waals surface area contributed by atoms with Crippen molar-refractivity contribution in [2.24, 2.45) is 0 Å². The number of benzene rings is 2. The van der Waals surface area contributed by atoms with Gasteiger partial charge >= 0.3 is 6.01 Å². The van der Waals surface area contributed by atoms with Gasteiger partial charge in [0, 0.05) is 29.7 Å². The van der Waals surface area contributed by atoms with Gasteiger partial charge < -0.3 is 10.1 Å². The van der Waals surface area contributed by atoms with E-state index in [9.17, 15) is 13.2 Å². The van der Waals surface area contributed by atoms with Crippen molar-refractivity contribution in [3.05, 3.63) is 72.1 Å². The third-order valence-electron chi connectivity index (χ3n) is 4.53. The minimum atomic E-state index is -3.64. The molecule has 30 heavy (non-hydrogen) atoms. The highest BCUT2D eigenvalue weighted by Crippen LogP contribution is 2.24. The van der Waals surface area contributed by atoms with Gasteiger partial charge in [-0.15, -0.1) is 0 Å². The Morgan fingerprint density at radius 3 is 2.43 bits per heavy atom. The molecule has 154 valence electrons. The van der Waals surface area contributed by atoms with Crippen molar-refractivity contribution in [1.29, 1.82) is 0 Å². The maximum atomic E-state index is 12.7. The van der Waals surface area contributed by atoms with Gasteiger partial charge in [-0.2, -0.15) is 0 Å². The van der Waals surface area contributed by atoms with E-state index >= 15 is 0 Å². The first-order valence-corrected chi connectivity index (χ1v) is 10.9. The molecule has 1 aliphatic rings. The lowest BCUT2D eigenvalue weighted by atomic mass is 10.1. The molecule has 0 unspecified atom stereocenters. The van der Waals surface area contributed by atoms with Crippen LogP contribution in [0.5, 0.6) is 11.8 Å². The summed E-state index contributed by atoms with van der Waals surface area (Å²) in [4.78, 5) is 20.8. The van der Waals surface area contributed by atoms with Gasteiger partial charge in [0.1, 0.15) is 5.75 Å². The molecule has 2 N–H and O–H groups in total. The Hall–Kier alpha value is -3.30. The van der Waals surface area contributed by atoms with Gasteiger partial charge in [0.25, 0.3) is 5.91 Å². The van der Waals surface area contributed by atoms with Crippen LogP contribution < -0.4 is 14.8 Å². The van der Waals surface area contributed by atoms with Crippen LogP contribution in [0.3, 0.4) is 0 Å². The molecule has 0 bridgehead atoms. The Bertz CT molecular complexity index is 1160. The predicted octanol–water partition coefficient (Wildman–Crippen LogP) is 3.27. The number of carbonyl (C=O) groups is 1. The molecular formula is C21H20N4O4S. The molecule has 1 fully saturated rings. The summed E-state index contributed by atoms with van der Waals surface area (Å²) >= 11 is 0. The zero-order valence-electron chi connectivity index (χ0n) is 16.2. The fourth-order valence-corrected chi connectivity index (χ4v) is 4.08. The highest BCUT2D eigenvalue weighted by Gasteiger charge is 2.28. The molecule has 9 heteroatoms. The number of carbonyl (C=O) groups excluding carboxylic acids is 1. The van der Waals surface area contributed by atoms with Crippen molar-refractivity contribution in [1.82, 2.24) is 14.7 Å². The quantitative estimate of drug-likeness (QED) is 0.602. The normalized spacial score (nSPS) is 13.6. The molecule has 0 atom stereocenters. The minimum Gasteiger partial charge on any atom is -0.424 e. The first-order chi connectivity index (χ1) is 14.4. The number of amides is 1. The maximum absolute atomic E-state index is 12.7. The monoisotopic (exact) mass is 424 g/mol. The number of nitrogens with zero attached hydrogens (tertiary/aromatic N) is 2. The third kappa shape index (κ3) is 4.81. The van der Waals surface area contributed by atoms with E-state index in [1.807, 2.05) is 0 Å². The Morgan fingerprint density at radius 2 is 1.77 bits per heavy atom. The predicted molar refractivity (Wildman–Crippen MR) is 111 cm³/mol. The first-order valence-electron chi connectivity index (χ1n) is 9.40. The average Bonchev–Trinajstić information content (AvgIpc) is 3.53. The average molecular weight is 424 g/mol. The minimum absolute atomic E-state index is 0.00407. The zero-order valence-corrected chi connectivity index (χ0v) is 17.0. The molecule has 1 aromatic heterocycles. The van der Waals surface area contributed by atoms with E-state index in [1.54, 1.807) is 55.7 Å². The van der Waals surface area contributed by atoms with Crippen LogP contribution in [0.2, 0.25) is 0 Å². The fraction of sp³-hybridized carbons (Fsp3) is 0.190. The van der Waals surface area contributed by atoms with Crippen LogP contribution in [0.4, 0.5) is 5.69 Å². The van der Waals surface area contributed by atoms with Crippen LogP contribution >= 0.6 is 0 Å². The lowest BCUT2D eigenvalue weighted by molar-refractivity contribution is 0.102. The molecule has 2 aromatic carbocycles. The van der Waals surface area contributed by atoms with E-state index in [2.05, 4.69) is 20.0 Å². The Balaban J connectivity index is 1.47. The van der Waals surface area contributed by atoms with Gasteiger partial charge in [-0.1, -0.05) is 6.07 Å². The number of hydrogen-bond donors (Lipinski definition) is 2. The van der Waals surface area contributed by atoms with Gasteiger partial charge in [-0.25, -0.2) is 23.1 Å². The largest absolute Gasteiger partial charge is 0.424 e. The smallest absolute Gasteiger partial charge is 0.321 e. The summed E-state index contributed by atoms with van der Waals surface area (Å²) in [6.45, 7) is 1.76. The van der Waals surface area contributed by atoms with Crippen LogP contribution in [0.15, 0.2) is 65.8 Å². The number of hydrogen-bond acceptors (Lipinski definition) is 6. The zero-order chi connectivity index (χ0) is 21.1. The van der Waals surface area contributed by atoms with Gasteiger partial charge in [0.2, 0.25) is 10.0 Å². The molecule has 0 aliphatic heterocycles. The van der Waals surface area contributed by atoms with Gasteiger partial charge in [0.05, 0.1) is 4.90 Å². The summed E-state index contributed by atoms with van der Waals surface area (Å²) in [5.74, 6) is 0.130. The molecular weight excluding hydrogens is 404 g/mol. The van der Waals surface area contributed by atoms with E-state index in [0.29, 0.717) is 22.6 Å². The number of aromatic nitrogens is 2. The van der Waals surface area contributed by atoms with Crippen molar-refractivity contribution in [3.8, 4) is 11.8 Å². The summed E-state index contributed by atoms with van der Waals surface area (Å²) in [7, 11) is -3.64. The van der Waals surface area contributed by atoms with Crippen LogP contribution in [0, 0.1) is 6.92 Å². The van der Waals surface area contributed by atoms with Gasteiger partial charge in [-0.05, 0) is 67.8 Å². The molecule has 0 saturated heterocycles. The van der Waals surface area contributed by atoms with Crippen molar-refractivity contribution in [3.63, 3.8) is 0 Å². The molecule has 3 aromatic rings. The fourth-order valence-electron chi connectivity index (χ4n) is 2.75. The second-order valence-corrected chi connectivity index (χ2v) is 8.70. The van der Waals surface area contributed by atoms with Crippen LogP contribution in [0.1, 0.15) is 28.8 Å². The number of nitrogens with one attached hydrogen (secondary N) is 2. The Kier molecular flexibility index (Phi) is 5.47. The molecule has 1 saturated carbocycles. The molecule has 0 spiro atoms. The number of anilines is 1. The standard InChI is InChI=1S/C21H20N4O4S/c1-14-3-10-18(30(27,28)25-16-4-5-16)13-19(14)20(26)24-15-6-8-17(9-7-15)29-21-22-11-2-12-23-21/h2-3,6-13,16,25H,4-5H2,1H3,(H,24,26). The SMILES string of the molecule is Cc1ccc(S(=O)(=O)NC2CC2)cc1C(=O)Nc1ccc(Oc2ncccn2)cc1. The van der Waals surface area contributed by atoms with Crippen LogP contribution in [0.25, 0.3) is 0 Å². The summed E-state index contributed by atoms with van der Waals surface area (Å²) in [6, 6.07) is 13.2. The van der Waals surface area contributed by atoms with Gasteiger partial charge in [0.15, 0.2) is 0 Å². The summed E-state index contributed by atoms with van der Waals surface area (Å²) in [5, 5.41) is 2.78. The molecule has 0 radical (unpaired) electrons. The second kappa shape index (κ2) is 8.21. The first kappa shape index (κ1) is 20.0. The molecule has 1 heterocycles. The Labute approximate surface area is 174 Å². The highest BCUT2D eigenvalue weighted by atomic mass is 32.2. The second-order valence-electron chi connectivity index (χ2n) is 6.98. The highest BCUT2D eigenvalue weighted by molar-refractivity contribution is 7.89. The summed E-state index contributed by atoms with van der Waals surface area (Å²) < 4.78 is 33.0. The van der Waals surface area contributed by atoms with Crippen molar-refractivity contribution >= 4 is 21.6 Å².